The van der Waals surface area contributed by atoms with Crippen LogP contribution in [-0.2, 0) is 0 Å². The minimum absolute atomic E-state index is 0.841. The number of hydrazone groups is 1. The van der Waals surface area contributed by atoms with Gasteiger partial charge in [0.1, 0.15) is 0 Å². The lowest BCUT2D eigenvalue weighted by molar-refractivity contribution is 0.513. The van der Waals surface area contributed by atoms with Crippen molar-refractivity contribution in [1.82, 2.24) is 9.99 Å². The third-order valence-electron chi connectivity index (χ3n) is 1.87. The Labute approximate surface area is 71.0 Å². The van der Waals surface area contributed by atoms with Gasteiger partial charge in [0.15, 0.2) is 0 Å². The van der Waals surface area contributed by atoms with Crippen LogP contribution in [0.15, 0.2) is 30.0 Å². The number of fused-ring (bicyclic) bond motifs is 1. The number of aromatic nitrogens is 1. The molecule has 3 nitrogen and oxygen atoms in total. The second kappa shape index (κ2) is 2.44. The lowest BCUT2D eigenvalue weighted by Crippen LogP contribution is -2.16. The van der Waals surface area contributed by atoms with Gasteiger partial charge in [-0.3, -0.25) is 9.99 Å². The molecule has 12 heavy (non-hydrogen) atoms. The number of pyridine rings is 1. The Morgan fingerprint density at radius 2 is 2.33 bits per heavy atom. The molecule has 2 heterocycles. The summed E-state index contributed by atoms with van der Waals surface area (Å²) < 4.78 is 0. The smallest absolute Gasteiger partial charge is 0.0964 e. The summed E-state index contributed by atoms with van der Waals surface area (Å²) in [6, 6.07) is 3.87. The molecule has 60 valence electrons. The van der Waals surface area contributed by atoms with Gasteiger partial charge in [-0.25, -0.2) is 0 Å². The first-order chi connectivity index (χ1) is 5.79. The Morgan fingerprint density at radius 1 is 1.50 bits per heavy atom. The zero-order valence-electron chi connectivity index (χ0n) is 6.86. The summed E-state index contributed by atoms with van der Waals surface area (Å²) in [4.78, 5) is 4.22. The topological polar surface area (TPSA) is 28.5 Å². The van der Waals surface area contributed by atoms with Crippen LogP contribution in [0.3, 0.4) is 0 Å². The lowest BCUT2D eigenvalue weighted by atomic mass is 10.1. The van der Waals surface area contributed by atoms with Crippen molar-refractivity contribution in [3.63, 3.8) is 0 Å². The highest BCUT2D eigenvalue weighted by molar-refractivity contribution is 5.88. The number of hydrogen-bond donors (Lipinski definition) is 0. The summed E-state index contributed by atoms with van der Waals surface area (Å²) in [5.74, 6) is 0. The lowest BCUT2D eigenvalue weighted by Gasteiger charge is -2.20. The van der Waals surface area contributed by atoms with Gasteiger partial charge in [-0.2, -0.15) is 5.10 Å². The molecular formula is C9H9N3. The van der Waals surface area contributed by atoms with Gasteiger partial charge < -0.3 is 0 Å². The monoisotopic (exact) mass is 159 g/mol. The molecule has 1 aromatic rings. The molecule has 1 aliphatic heterocycles. The molecule has 1 aromatic heterocycles. The van der Waals surface area contributed by atoms with E-state index in [1.807, 2.05) is 19.2 Å². The van der Waals surface area contributed by atoms with Crippen molar-refractivity contribution in [2.45, 2.75) is 0 Å². The van der Waals surface area contributed by atoms with Gasteiger partial charge in [-0.05, 0) is 12.1 Å². The fourth-order valence-corrected chi connectivity index (χ4v) is 1.13. The average molecular weight is 159 g/mol. The van der Waals surface area contributed by atoms with Gasteiger partial charge in [0.2, 0.25) is 0 Å². The van der Waals surface area contributed by atoms with E-state index < -0.39 is 0 Å². The summed E-state index contributed by atoms with van der Waals surface area (Å²) in [5, 5.41) is 5.84. The second-order valence-electron chi connectivity index (χ2n) is 2.66. The largest absolute Gasteiger partial charge is 0.267 e. The molecule has 0 bridgehead atoms. The predicted octanol–water partition coefficient (Wildman–Crippen LogP) is 1.33. The summed E-state index contributed by atoms with van der Waals surface area (Å²) in [7, 11) is 1.86. The van der Waals surface area contributed by atoms with E-state index >= 15 is 0 Å². The predicted molar refractivity (Wildman–Crippen MR) is 48.6 cm³/mol. The quantitative estimate of drug-likeness (QED) is 0.571. The fraction of sp³-hybridized carbons (Fsp3) is 0.111. The van der Waals surface area contributed by atoms with Gasteiger partial charge in [0, 0.05) is 18.8 Å². The van der Waals surface area contributed by atoms with Crippen molar-refractivity contribution in [3.05, 3.63) is 36.2 Å². The van der Waals surface area contributed by atoms with Crippen LogP contribution < -0.4 is 0 Å². The number of nitrogens with zero attached hydrogens (tertiary/aromatic N) is 3. The SMILES string of the molecule is C=C1c2ncccc2C=NN1C. The molecule has 3 heteroatoms. The second-order valence-corrected chi connectivity index (χ2v) is 2.66. The molecule has 0 aliphatic carbocycles. The van der Waals surface area contributed by atoms with Crippen molar-refractivity contribution in [3.8, 4) is 0 Å². The zero-order chi connectivity index (χ0) is 8.55. The Bertz CT molecular complexity index is 355. The van der Waals surface area contributed by atoms with Crippen LogP contribution in [0.5, 0.6) is 0 Å². The molecular weight excluding hydrogens is 150 g/mol. The molecule has 0 aromatic carbocycles. The highest BCUT2D eigenvalue weighted by Gasteiger charge is 2.12. The van der Waals surface area contributed by atoms with E-state index in [9.17, 15) is 0 Å². The first kappa shape index (κ1) is 7.03. The maximum Gasteiger partial charge on any atom is 0.0964 e. The van der Waals surface area contributed by atoms with E-state index in [0.29, 0.717) is 0 Å². The fourth-order valence-electron chi connectivity index (χ4n) is 1.13. The molecule has 0 N–H and O–H groups in total. The van der Waals surface area contributed by atoms with Crippen LogP contribution in [0.25, 0.3) is 5.70 Å². The molecule has 0 amide bonds. The highest BCUT2D eigenvalue weighted by Crippen LogP contribution is 2.20. The van der Waals surface area contributed by atoms with Crippen LogP contribution in [-0.4, -0.2) is 23.3 Å². The molecule has 0 spiro atoms. The normalized spacial score (nSPS) is 14.8. The summed E-state index contributed by atoms with van der Waals surface area (Å²) in [5.41, 5.74) is 2.78. The van der Waals surface area contributed by atoms with E-state index in [0.717, 1.165) is 17.0 Å². The zero-order valence-corrected chi connectivity index (χ0v) is 6.86. The standard InChI is InChI=1S/C9H9N3/c1-7-9-8(4-3-5-10-9)6-11-12(7)2/h3-6H,1H2,2H3. The van der Waals surface area contributed by atoms with Gasteiger partial charge >= 0.3 is 0 Å². The molecule has 0 saturated heterocycles. The van der Waals surface area contributed by atoms with Crippen LogP contribution >= 0.6 is 0 Å². The van der Waals surface area contributed by atoms with E-state index in [2.05, 4.69) is 16.7 Å². The van der Waals surface area contributed by atoms with Gasteiger partial charge in [-0.1, -0.05) is 6.58 Å². The van der Waals surface area contributed by atoms with Crippen LogP contribution in [0.1, 0.15) is 11.3 Å². The third-order valence-corrected chi connectivity index (χ3v) is 1.87. The van der Waals surface area contributed by atoms with Crippen LogP contribution in [0, 0.1) is 0 Å². The highest BCUT2D eigenvalue weighted by atomic mass is 15.4. The van der Waals surface area contributed by atoms with Crippen molar-refractivity contribution in [2.75, 3.05) is 7.05 Å². The molecule has 2 rings (SSSR count). The number of hydrogen-bond acceptors (Lipinski definition) is 3. The van der Waals surface area contributed by atoms with Crippen molar-refractivity contribution in [1.29, 1.82) is 0 Å². The summed E-state index contributed by atoms with van der Waals surface area (Å²) in [6.07, 6.45) is 3.55. The van der Waals surface area contributed by atoms with Gasteiger partial charge in [0.25, 0.3) is 0 Å². The average Bonchev–Trinajstić information content (AvgIpc) is 2.12. The van der Waals surface area contributed by atoms with Crippen LogP contribution in [0.2, 0.25) is 0 Å². The van der Waals surface area contributed by atoms with E-state index in [-0.39, 0.29) is 0 Å². The molecule has 0 atom stereocenters. The maximum absolute atomic E-state index is 4.22. The van der Waals surface area contributed by atoms with E-state index in [4.69, 9.17) is 0 Å². The first-order valence-electron chi connectivity index (χ1n) is 3.71. The van der Waals surface area contributed by atoms with E-state index in [1.54, 1.807) is 17.4 Å². The Balaban J connectivity index is 2.59. The minimum Gasteiger partial charge on any atom is -0.267 e. The molecule has 0 saturated carbocycles. The minimum atomic E-state index is 0.841. The Hall–Kier alpha value is -1.64. The van der Waals surface area contributed by atoms with Gasteiger partial charge in [0.05, 0.1) is 17.6 Å². The Morgan fingerprint density at radius 3 is 3.17 bits per heavy atom. The molecule has 0 fully saturated rings. The van der Waals surface area contributed by atoms with Crippen molar-refractivity contribution in [2.24, 2.45) is 5.10 Å². The van der Waals surface area contributed by atoms with Crippen LogP contribution in [0.4, 0.5) is 0 Å². The molecule has 1 aliphatic rings. The molecule has 0 unspecified atom stereocenters. The summed E-state index contributed by atoms with van der Waals surface area (Å²) in [6.45, 7) is 3.89. The number of rotatable bonds is 0. The van der Waals surface area contributed by atoms with Crippen molar-refractivity contribution >= 4 is 11.9 Å². The first-order valence-corrected chi connectivity index (χ1v) is 3.71. The van der Waals surface area contributed by atoms with E-state index in [1.165, 1.54) is 0 Å². The van der Waals surface area contributed by atoms with Gasteiger partial charge in [-0.15, -0.1) is 0 Å². The van der Waals surface area contributed by atoms with Crippen molar-refractivity contribution < 1.29 is 0 Å². The third kappa shape index (κ3) is 0.906. The maximum atomic E-state index is 4.22. The summed E-state index contributed by atoms with van der Waals surface area (Å²) >= 11 is 0. The Kier molecular flexibility index (Phi) is 1.43. The molecule has 0 radical (unpaired) electrons.